The summed E-state index contributed by atoms with van der Waals surface area (Å²) in [5.74, 6) is 0.330. The van der Waals surface area contributed by atoms with Crippen molar-refractivity contribution in [2.45, 2.75) is 45.1 Å². The van der Waals surface area contributed by atoms with Crippen molar-refractivity contribution in [3.63, 3.8) is 0 Å². The van der Waals surface area contributed by atoms with Gasteiger partial charge in [-0.3, -0.25) is 5.26 Å². The Morgan fingerprint density at radius 2 is 1.43 bits per heavy atom. The van der Waals surface area contributed by atoms with Gasteiger partial charge in [0.2, 0.25) is 0 Å². The number of fused-ring (bicyclic) bond motifs is 1. The lowest BCUT2D eigenvalue weighted by molar-refractivity contribution is -0.270. The first-order valence-corrected chi connectivity index (χ1v) is 16.2. The van der Waals surface area contributed by atoms with Crippen LogP contribution in [0.2, 0.25) is 0 Å². The molecule has 0 saturated carbocycles. The summed E-state index contributed by atoms with van der Waals surface area (Å²) in [5.41, 5.74) is 3.46. The summed E-state index contributed by atoms with van der Waals surface area (Å²) in [7, 11) is 1.51. The molecule has 0 aliphatic rings. The largest absolute Gasteiger partial charge is 0.496 e. The van der Waals surface area contributed by atoms with Gasteiger partial charge in [-0.2, -0.15) is 10.2 Å². The molecule has 0 aliphatic carbocycles. The summed E-state index contributed by atoms with van der Waals surface area (Å²) in [4.78, 5) is 28.4. The van der Waals surface area contributed by atoms with Gasteiger partial charge < -0.3 is 18.9 Å². The second kappa shape index (κ2) is 19.5. The van der Waals surface area contributed by atoms with Crippen LogP contribution in [0.5, 0.6) is 11.5 Å². The van der Waals surface area contributed by atoms with Crippen molar-refractivity contribution in [1.29, 1.82) is 0 Å². The first kappa shape index (κ1) is 36.5. The maximum atomic E-state index is 12.4. The molecule has 0 amide bonds. The fraction of sp³-hybridized carbons (Fsp3) is 0.282. The minimum Gasteiger partial charge on any atom is -0.496 e. The normalized spacial score (nSPS) is 11.9. The number of nitrogens with zero attached hydrogens (tertiary/aromatic N) is 2. The molecule has 0 bridgehead atoms. The first-order chi connectivity index (χ1) is 23.9. The number of carbonyl (C=O) groups is 2. The lowest BCUT2D eigenvalue weighted by Gasteiger charge is -2.16. The van der Waals surface area contributed by atoms with Crippen molar-refractivity contribution >= 4 is 35.1 Å². The van der Waals surface area contributed by atoms with Gasteiger partial charge in [-0.1, -0.05) is 49.9 Å². The lowest BCUT2D eigenvalue weighted by Crippen LogP contribution is -2.08. The van der Waals surface area contributed by atoms with Crippen molar-refractivity contribution in [2.75, 3.05) is 26.9 Å². The molecule has 1 unspecified atom stereocenters. The molecule has 256 valence electrons. The zero-order valence-electron chi connectivity index (χ0n) is 27.9. The highest BCUT2D eigenvalue weighted by Crippen LogP contribution is 2.30. The molecule has 10 nitrogen and oxygen atoms in total. The van der Waals surface area contributed by atoms with Crippen LogP contribution in [0, 0.1) is 0 Å². The Hall–Kier alpha value is -5.32. The summed E-state index contributed by atoms with van der Waals surface area (Å²) in [6.45, 7) is 6.63. The summed E-state index contributed by atoms with van der Waals surface area (Å²) in [6, 6.07) is 24.4. The summed E-state index contributed by atoms with van der Waals surface area (Å²) >= 11 is 0. The first-order valence-electron chi connectivity index (χ1n) is 16.2. The predicted molar refractivity (Wildman–Crippen MR) is 190 cm³/mol. The van der Waals surface area contributed by atoms with Crippen LogP contribution in [-0.2, 0) is 19.2 Å². The number of methoxy groups -OCH3 is 1. The Morgan fingerprint density at radius 3 is 2.12 bits per heavy atom. The molecule has 0 fully saturated rings. The average molecular weight is 667 g/mol. The smallest absolute Gasteiger partial charge is 0.341 e. The second-order valence-electron chi connectivity index (χ2n) is 11.1. The molecule has 0 aromatic heterocycles. The standard InChI is InChI=1S/C39H42N2O8/c1-4-20-48-39(43)35-24-29(11-19-36(35)45-3)27-41-40-26-28-10-12-32-25-33(14-13-31(32)23-28)38(49-44)30-15-17-34(18-16-30)46-21-8-6-7-9-22-47-37(42)5-2/h5,10-19,23-27,38,44H,2,4,6-9,20-22H2,1,3H3/b40-26-,41-27-. The molecule has 0 spiro atoms. The maximum absolute atomic E-state index is 12.4. The maximum Gasteiger partial charge on any atom is 0.341 e. The Bertz CT molecular complexity index is 1750. The van der Waals surface area contributed by atoms with Crippen molar-refractivity contribution in [2.24, 2.45) is 10.2 Å². The predicted octanol–water partition coefficient (Wildman–Crippen LogP) is 8.12. The number of benzene rings is 4. The van der Waals surface area contributed by atoms with Crippen LogP contribution >= 0.6 is 0 Å². The fourth-order valence-electron chi connectivity index (χ4n) is 5.00. The van der Waals surface area contributed by atoms with Crippen LogP contribution in [0.25, 0.3) is 10.8 Å². The van der Waals surface area contributed by atoms with Gasteiger partial charge in [-0.25, -0.2) is 14.5 Å². The quantitative estimate of drug-likeness (QED) is 0.0266. The van der Waals surface area contributed by atoms with Gasteiger partial charge in [-0.05, 0) is 108 Å². The zero-order chi connectivity index (χ0) is 34.8. The number of esters is 2. The summed E-state index contributed by atoms with van der Waals surface area (Å²) < 4.78 is 21.4. The Kier molecular flexibility index (Phi) is 14.5. The van der Waals surface area contributed by atoms with E-state index in [4.69, 9.17) is 23.8 Å². The molecule has 0 heterocycles. The molecule has 4 rings (SSSR count). The van der Waals surface area contributed by atoms with Gasteiger partial charge in [0.15, 0.2) is 0 Å². The van der Waals surface area contributed by atoms with Gasteiger partial charge in [0, 0.05) is 6.08 Å². The zero-order valence-corrected chi connectivity index (χ0v) is 27.9. The molecule has 0 radical (unpaired) electrons. The fourth-order valence-corrected chi connectivity index (χ4v) is 5.00. The topological polar surface area (TPSA) is 125 Å². The molecule has 4 aromatic carbocycles. The van der Waals surface area contributed by atoms with E-state index in [1.54, 1.807) is 30.6 Å². The lowest BCUT2D eigenvalue weighted by atomic mass is 9.97. The molecule has 1 N–H and O–H groups in total. The van der Waals surface area contributed by atoms with Gasteiger partial charge in [0.1, 0.15) is 23.2 Å². The van der Waals surface area contributed by atoms with Gasteiger partial charge in [0.25, 0.3) is 0 Å². The van der Waals surface area contributed by atoms with E-state index in [1.807, 2.05) is 67.6 Å². The Morgan fingerprint density at radius 1 is 0.776 bits per heavy atom. The molecule has 1 atom stereocenters. The van der Waals surface area contributed by atoms with Crippen molar-refractivity contribution in [3.05, 3.63) is 119 Å². The highest BCUT2D eigenvalue weighted by molar-refractivity contribution is 5.95. The molecular formula is C39H42N2O8. The van der Waals surface area contributed by atoms with E-state index in [9.17, 15) is 14.8 Å². The van der Waals surface area contributed by atoms with Gasteiger partial charge >= 0.3 is 11.9 Å². The third kappa shape index (κ3) is 11.1. The third-order valence-electron chi connectivity index (χ3n) is 7.56. The van der Waals surface area contributed by atoms with Gasteiger partial charge in [0.05, 0.1) is 39.4 Å². The SMILES string of the molecule is C=CC(=O)OCCCCCCOc1ccc(C(OO)c2ccc3cc(/C=N\N=C/c4ccc(OC)c(C(=O)OCCC)c4)ccc3c2)cc1. The van der Waals surface area contributed by atoms with Crippen LogP contribution in [0.4, 0.5) is 0 Å². The molecule has 0 saturated heterocycles. The molecular weight excluding hydrogens is 624 g/mol. The second-order valence-corrected chi connectivity index (χ2v) is 11.1. The van der Waals surface area contributed by atoms with Crippen molar-refractivity contribution in [1.82, 2.24) is 0 Å². The van der Waals surface area contributed by atoms with Gasteiger partial charge in [-0.15, -0.1) is 0 Å². The number of unbranched alkanes of at least 4 members (excludes halogenated alkanes) is 3. The Labute approximate surface area is 286 Å². The number of hydrogen-bond donors (Lipinski definition) is 1. The molecule has 49 heavy (non-hydrogen) atoms. The summed E-state index contributed by atoms with van der Waals surface area (Å²) in [6.07, 6.45) is 8.06. The van der Waals surface area contributed by atoms with Crippen LogP contribution in [0.3, 0.4) is 0 Å². The number of rotatable bonds is 19. The van der Waals surface area contributed by atoms with E-state index in [-0.39, 0.29) is 0 Å². The Balaban J connectivity index is 1.31. The van der Waals surface area contributed by atoms with E-state index in [1.165, 1.54) is 13.2 Å². The average Bonchev–Trinajstić information content (AvgIpc) is 3.14. The highest BCUT2D eigenvalue weighted by atomic mass is 17.1. The van der Waals surface area contributed by atoms with Crippen molar-refractivity contribution in [3.8, 4) is 11.5 Å². The minimum absolute atomic E-state index is 0.333. The van der Waals surface area contributed by atoms with E-state index >= 15 is 0 Å². The molecule has 0 aliphatic heterocycles. The van der Waals surface area contributed by atoms with Crippen molar-refractivity contribution < 1.29 is 38.7 Å². The van der Waals surface area contributed by atoms with Crippen LogP contribution in [-0.4, -0.2) is 56.6 Å². The van der Waals surface area contributed by atoms with Crippen LogP contribution < -0.4 is 9.47 Å². The number of hydrogen-bond acceptors (Lipinski definition) is 10. The van der Waals surface area contributed by atoms with E-state index < -0.39 is 18.0 Å². The van der Waals surface area contributed by atoms with E-state index in [2.05, 4.69) is 16.8 Å². The molecule has 10 heteroatoms. The molecule has 4 aromatic rings. The van der Waals surface area contributed by atoms with E-state index in [0.717, 1.165) is 65.3 Å². The number of ether oxygens (including phenoxy) is 4. The third-order valence-corrected chi connectivity index (χ3v) is 7.56. The van der Waals surface area contributed by atoms with Crippen LogP contribution in [0.1, 0.15) is 77.7 Å². The number of carbonyl (C=O) groups excluding carboxylic acids is 2. The highest BCUT2D eigenvalue weighted by Gasteiger charge is 2.16. The minimum atomic E-state index is -0.670. The van der Waals surface area contributed by atoms with E-state index in [0.29, 0.717) is 36.7 Å². The summed E-state index contributed by atoms with van der Waals surface area (Å²) in [5, 5.41) is 20.1. The monoisotopic (exact) mass is 666 g/mol. The van der Waals surface area contributed by atoms with Crippen LogP contribution in [0.15, 0.2) is 102 Å².